The highest BCUT2D eigenvalue weighted by atomic mass is 35.5. The third-order valence-corrected chi connectivity index (χ3v) is 5.14. The number of hydrogen-bond donors (Lipinski definition) is 1. The van der Waals surface area contributed by atoms with E-state index in [1.54, 1.807) is 23.1 Å². The lowest BCUT2D eigenvalue weighted by molar-refractivity contribution is -0.135. The first-order chi connectivity index (χ1) is 13.5. The number of para-hydroxylation sites is 1. The van der Waals surface area contributed by atoms with Gasteiger partial charge in [-0.05, 0) is 24.3 Å². The molecule has 0 radical (unpaired) electrons. The molecular formula is C20H21Cl2N3O3. The normalized spacial score (nSPS) is 14.6. The summed E-state index contributed by atoms with van der Waals surface area (Å²) in [7, 11) is 0. The van der Waals surface area contributed by atoms with Crippen molar-refractivity contribution in [3.63, 3.8) is 0 Å². The van der Waals surface area contributed by atoms with Gasteiger partial charge in [-0.2, -0.15) is 0 Å². The molecule has 1 fully saturated rings. The van der Waals surface area contributed by atoms with Crippen LogP contribution in [0.1, 0.15) is 0 Å². The van der Waals surface area contributed by atoms with Crippen LogP contribution in [-0.4, -0.2) is 60.9 Å². The molecule has 0 bridgehead atoms. The van der Waals surface area contributed by atoms with Crippen LogP contribution in [0.25, 0.3) is 0 Å². The van der Waals surface area contributed by atoms with Gasteiger partial charge in [-0.25, -0.2) is 0 Å². The highest BCUT2D eigenvalue weighted by molar-refractivity contribution is 6.42. The first kappa shape index (κ1) is 20.5. The number of rotatable bonds is 6. The average Bonchev–Trinajstić information content (AvgIpc) is 2.70. The summed E-state index contributed by atoms with van der Waals surface area (Å²) in [6.45, 7) is 2.63. The van der Waals surface area contributed by atoms with E-state index in [1.165, 1.54) is 0 Å². The second kappa shape index (κ2) is 9.78. The monoisotopic (exact) mass is 421 g/mol. The third-order valence-electron chi connectivity index (χ3n) is 4.40. The number of carbonyl (C=O) groups is 2. The van der Waals surface area contributed by atoms with Crippen molar-refractivity contribution in [1.29, 1.82) is 0 Å². The van der Waals surface area contributed by atoms with E-state index in [4.69, 9.17) is 27.9 Å². The van der Waals surface area contributed by atoms with Crippen molar-refractivity contribution in [1.82, 2.24) is 9.80 Å². The Bertz CT molecular complexity index is 825. The van der Waals surface area contributed by atoms with Crippen LogP contribution in [0.3, 0.4) is 0 Å². The molecule has 1 N–H and O–H groups in total. The minimum absolute atomic E-state index is 0.0612. The number of hydrogen-bond acceptors (Lipinski definition) is 4. The molecule has 148 valence electrons. The Labute approximate surface area is 174 Å². The van der Waals surface area contributed by atoms with Gasteiger partial charge >= 0.3 is 0 Å². The number of halogens is 2. The van der Waals surface area contributed by atoms with E-state index in [9.17, 15) is 9.59 Å². The van der Waals surface area contributed by atoms with Crippen LogP contribution in [-0.2, 0) is 9.59 Å². The van der Waals surface area contributed by atoms with E-state index in [0.29, 0.717) is 48.5 Å². The van der Waals surface area contributed by atoms with Gasteiger partial charge in [-0.3, -0.25) is 14.5 Å². The summed E-state index contributed by atoms with van der Waals surface area (Å²) in [5.41, 5.74) is 0.778. The first-order valence-corrected chi connectivity index (χ1v) is 9.70. The van der Waals surface area contributed by atoms with Crippen molar-refractivity contribution in [3.05, 3.63) is 58.6 Å². The second-order valence-electron chi connectivity index (χ2n) is 6.44. The zero-order valence-electron chi connectivity index (χ0n) is 15.2. The summed E-state index contributed by atoms with van der Waals surface area (Å²) in [6.07, 6.45) is 0. The number of anilines is 1. The van der Waals surface area contributed by atoms with Crippen LogP contribution >= 0.6 is 23.2 Å². The molecule has 0 aliphatic carbocycles. The molecule has 0 aromatic heterocycles. The smallest absolute Gasteiger partial charge is 0.260 e. The van der Waals surface area contributed by atoms with Crippen LogP contribution < -0.4 is 10.1 Å². The number of benzene rings is 2. The lowest BCUT2D eigenvalue weighted by Gasteiger charge is -2.34. The SMILES string of the molecule is O=C(CN1CCN(C(=O)COc2ccc(Cl)c(Cl)c2)CC1)Nc1ccccc1. The second-order valence-corrected chi connectivity index (χ2v) is 7.25. The summed E-state index contributed by atoms with van der Waals surface area (Å²) in [5, 5.41) is 3.69. The van der Waals surface area contributed by atoms with E-state index in [-0.39, 0.29) is 18.4 Å². The molecular weight excluding hydrogens is 401 g/mol. The Balaban J connectivity index is 1.40. The number of amides is 2. The van der Waals surface area contributed by atoms with Crippen molar-refractivity contribution < 1.29 is 14.3 Å². The molecule has 1 aliphatic rings. The molecule has 3 rings (SSSR count). The number of carbonyl (C=O) groups excluding carboxylic acids is 2. The van der Waals surface area contributed by atoms with E-state index in [0.717, 1.165) is 5.69 Å². The maximum Gasteiger partial charge on any atom is 0.260 e. The maximum atomic E-state index is 12.3. The van der Waals surface area contributed by atoms with Crippen LogP contribution in [0.5, 0.6) is 5.75 Å². The molecule has 6 nitrogen and oxygen atoms in total. The standard InChI is InChI=1S/C20H21Cl2N3O3/c21-17-7-6-16(12-18(17)22)28-14-20(27)25-10-8-24(9-11-25)13-19(26)23-15-4-2-1-3-5-15/h1-7,12H,8-11,13-14H2,(H,23,26). The number of nitrogens with zero attached hydrogens (tertiary/aromatic N) is 2. The Morgan fingerprint density at radius 1 is 0.964 bits per heavy atom. The lowest BCUT2D eigenvalue weighted by atomic mass is 10.3. The molecule has 8 heteroatoms. The quantitative estimate of drug-likeness (QED) is 0.777. The van der Waals surface area contributed by atoms with Gasteiger partial charge in [0.2, 0.25) is 5.91 Å². The van der Waals surface area contributed by atoms with Crippen LogP contribution in [0.4, 0.5) is 5.69 Å². The molecule has 2 aromatic carbocycles. The van der Waals surface area contributed by atoms with Crippen molar-refractivity contribution in [3.8, 4) is 5.75 Å². The fraction of sp³-hybridized carbons (Fsp3) is 0.300. The zero-order chi connectivity index (χ0) is 19.9. The average molecular weight is 422 g/mol. The highest BCUT2D eigenvalue weighted by Gasteiger charge is 2.22. The summed E-state index contributed by atoms with van der Waals surface area (Å²) in [6, 6.07) is 14.2. The molecule has 2 aromatic rings. The largest absolute Gasteiger partial charge is 0.484 e. The highest BCUT2D eigenvalue weighted by Crippen LogP contribution is 2.26. The fourth-order valence-corrected chi connectivity index (χ4v) is 3.17. The number of piperazine rings is 1. The molecule has 1 heterocycles. The number of ether oxygens (including phenoxy) is 1. The molecule has 0 atom stereocenters. The molecule has 0 spiro atoms. The first-order valence-electron chi connectivity index (χ1n) is 8.94. The summed E-state index contributed by atoms with van der Waals surface area (Å²) in [4.78, 5) is 28.2. The van der Waals surface area contributed by atoms with Gasteiger partial charge < -0.3 is 15.0 Å². The van der Waals surface area contributed by atoms with Gasteiger partial charge in [0.15, 0.2) is 6.61 Å². The summed E-state index contributed by atoms with van der Waals surface area (Å²) < 4.78 is 5.50. The minimum atomic E-state index is -0.0977. The van der Waals surface area contributed by atoms with Gasteiger partial charge in [0, 0.05) is 37.9 Å². The van der Waals surface area contributed by atoms with Gasteiger partial charge in [-0.15, -0.1) is 0 Å². The number of nitrogens with one attached hydrogen (secondary N) is 1. The van der Waals surface area contributed by atoms with Crippen molar-refractivity contribution in [2.24, 2.45) is 0 Å². The topological polar surface area (TPSA) is 61.9 Å². The Hall–Kier alpha value is -2.28. The van der Waals surface area contributed by atoms with Crippen molar-refractivity contribution >= 4 is 40.7 Å². The van der Waals surface area contributed by atoms with Crippen LogP contribution in [0, 0.1) is 0 Å². The van der Waals surface area contributed by atoms with E-state index >= 15 is 0 Å². The van der Waals surface area contributed by atoms with E-state index in [2.05, 4.69) is 5.32 Å². The molecule has 1 aliphatic heterocycles. The van der Waals surface area contributed by atoms with Crippen LogP contribution in [0.15, 0.2) is 48.5 Å². The van der Waals surface area contributed by atoms with Crippen LogP contribution in [0.2, 0.25) is 10.0 Å². The summed E-state index contributed by atoms with van der Waals surface area (Å²) in [5.74, 6) is 0.340. The third kappa shape index (κ3) is 5.86. The predicted octanol–water partition coefficient (Wildman–Crippen LogP) is 3.16. The fourth-order valence-electron chi connectivity index (χ4n) is 2.88. The Morgan fingerprint density at radius 3 is 2.36 bits per heavy atom. The van der Waals surface area contributed by atoms with E-state index in [1.807, 2.05) is 35.2 Å². The van der Waals surface area contributed by atoms with Gasteiger partial charge in [0.1, 0.15) is 5.75 Å². The van der Waals surface area contributed by atoms with Gasteiger partial charge in [0.05, 0.1) is 16.6 Å². The Kier molecular flexibility index (Phi) is 7.14. The molecule has 2 amide bonds. The maximum absolute atomic E-state index is 12.3. The van der Waals surface area contributed by atoms with Crippen molar-refractivity contribution in [2.75, 3.05) is 44.6 Å². The Morgan fingerprint density at radius 2 is 1.68 bits per heavy atom. The molecule has 0 unspecified atom stereocenters. The molecule has 1 saturated heterocycles. The summed E-state index contributed by atoms with van der Waals surface area (Å²) >= 11 is 11.8. The lowest BCUT2D eigenvalue weighted by Crippen LogP contribution is -2.51. The van der Waals surface area contributed by atoms with E-state index < -0.39 is 0 Å². The molecule has 28 heavy (non-hydrogen) atoms. The predicted molar refractivity (Wildman–Crippen MR) is 110 cm³/mol. The zero-order valence-corrected chi connectivity index (χ0v) is 16.7. The minimum Gasteiger partial charge on any atom is -0.484 e. The van der Waals surface area contributed by atoms with Gasteiger partial charge in [0.25, 0.3) is 5.91 Å². The molecule has 0 saturated carbocycles. The van der Waals surface area contributed by atoms with Gasteiger partial charge in [-0.1, -0.05) is 41.4 Å². The van der Waals surface area contributed by atoms with Crippen molar-refractivity contribution in [2.45, 2.75) is 0 Å².